The van der Waals surface area contributed by atoms with Gasteiger partial charge in [0.25, 0.3) is 0 Å². The number of anilines is 1. The summed E-state index contributed by atoms with van der Waals surface area (Å²) in [7, 11) is 0. The number of carbonyl (C=O) groups is 3. The first-order valence-electron chi connectivity index (χ1n) is 7.14. The largest absolute Gasteiger partial charge is 0.464 e. The number of nitrogens with one attached hydrogen (secondary N) is 2. The number of thioether (sulfide) groups is 1. The van der Waals surface area contributed by atoms with E-state index in [0.717, 1.165) is 0 Å². The molecular formula is C15H17FN2O4S. The Hall–Kier alpha value is -2.09. The molecule has 2 rings (SSSR count). The average molecular weight is 340 g/mol. The Balaban J connectivity index is 1.87. The summed E-state index contributed by atoms with van der Waals surface area (Å²) in [6.45, 7) is 1.93. The second-order valence-corrected chi connectivity index (χ2v) is 6.10. The molecule has 0 bridgehead atoms. The summed E-state index contributed by atoms with van der Waals surface area (Å²) in [5.41, 5.74) is 0.0723. The zero-order valence-electron chi connectivity index (χ0n) is 12.5. The van der Waals surface area contributed by atoms with Gasteiger partial charge in [0, 0.05) is 12.2 Å². The molecule has 2 amide bonds. The van der Waals surface area contributed by atoms with Crippen molar-refractivity contribution < 1.29 is 23.5 Å². The van der Waals surface area contributed by atoms with Gasteiger partial charge in [0.15, 0.2) is 0 Å². The van der Waals surface area contributed by atoms with Crippen LogP contribution < -0.4 is 10.6 Å². The molecule has 1 fully saturated rings. The minimum absolute atomic E-state index is 0.0723. The SMILES string of the molecule is CCOC(=O)C1CSC(CC(=O)Nc2ccccc2F)C(=O)N1. The van der Waals surface area contributed by atoms with Crippen LogP contribution in [0.1, 0.15) is 13.3 Å². The molecule has 2 unspecified atom stereocenters. The molecule has 2 atom stereocenters. The molecule has 1 aromatic rings. The number of halogens is 1. The van der Waals surface area contributed by atoms with Gasteiger partial charge >= 0.3 is 5.97 Å². The Kier molecular flexibility index (Phi) is 5.97. The third-order valence-electron chi connectivity index (χ3n) is 3.16. The molecule has 0 spiro atoms. The number of esters is 1. The lowest BCUT2D eigenvalue weighted by Gasteiger charge is -2.27. The van der Waals surface area contributed by atoms with Gasteiger partial charge in [0.1, 0.15) is 11.9 Å². The second kappa shape index (κ2) is 7.96. The van der Waals surface area contributed by atoms with Crippen molar-refractivity contribution in [1.29, 1.82) is 0 Å². The predicted molar refractivity (Wildman–Crippen MR) is 84.5 cm³/mol. The van der Waals surface area contributed by atoms with Crippen LogP contribution in [0.25, 0.3) is 0 Å². The standard InChI is InChI=1S/C15H17FN2O4S/c1-2-22-15(21)11-8-23-12(14(20)18-11)7-13(19)17-10-6-4-3-5-9(10)16/h3-6,11-12H,2,7-8H2,1H3,(H,17,19)(H,18,20). The van der Waals surface area contributed by atoms with Crippen molar-refractivity contribution in [1.82, 2.24) is 5.32 Å². The van der Waals surface area contributed by atoms with Gasteiger partial charge in [0.2, 0.25) is 11.8 Å². The molecule has 1 heterocycles. The summed E-state index contributed by atoms with van der Waals surface area (Å²) < 4.78 is 18.3. The van der Waals surface area contributed by atoms with Gasteiger partial charge in [-0.25, -0.2) is 9.18 Å². The van der Waals surface area contributed by atoms with Crippen molar-refractivity contribution in [2.75, 3.05) is 17.7 Å². The summed E-state index contributed by atoms with van der Waals surface area (Å²) in [4.78, 5) is 35.5. The summed E-state index contributed by atoms with van der Waals surface area (Å²) in [5, 5.41) is 4.36. The van der Waals surface area contributed by atoms with Crippen LogP contribution in [-0.4, -0.2) is 41.4 Å². The smallest absolute Gasteiger partial charge is 0.329 e. The lowest BCUT2D eigenvalue weighted by atomic mass is 10.2. The molecule has 0 aromatic heterocycles. The maximum atomic E-state index is 13.5. The molecule has 0 aliphatic carbocycles. The molecule has 23 heavy (non-hydrogen) atoms. The molecule has 8 heteroatoms. The Labute approximate surface area is 137 Å². The molecule has 1 aliphatic heterocycles. The van der Waals surface area contributed by atoms with Gasteiger partial charge in [-0.1, -0.05) is 12.1 Å². The van der Waals surface area contributed by atoms with Gasteiger partial charge in [0.05, 0.1) is 17.5 Å². The quantitative estimate of drug-likeness (QED) is 0.790. The number of ether oxygens (including phenoxy) is 1. The molecule has 1 aliphatic rings. The van der Waals surface area contributed by atoms with Crippen LogP contribution in [0.5, 0.6) is 0 Å². The average Bonchev–Trinajstić information content (AvgIpc) is 2.52. The molecule has 1 aromatic carbocycles. The van der Waals surface area contributed by atoms with E-state index < -0.39 is 34.9 Å². The molecule has 6 nitrogen and oxygen atoms in total. The minimum Gasteiger partial charge on any atom is -0.464 e. The Morgan fingerprint density at radius 3 is 2.83 bits per heavy atom. The number of hydrogen-bond donors (Lipinski definition) is 2. The fraction of sp³-hybridized carbons (Fsp3) is 0.400. The Morgan fingerprint density at radius 2 is 2.17 bits per heavy atom. The highest BCUT2D eigenvalue weighted by atomic mass is 32.2. The molecule has 124 valence electrons. The monoisotopic (exact) mass is 340 g/mol. The first kappa shape index (κ1) is 17.3. The van der Waals surface area contributed by atoms with E-state index in [0.29, 0.717) is 5.75 Å². The van der Waals surface area contributed by atoms with Gasteiger partial charge in [-0.05, 0) is 19.1 Å². The van der Waals surface area contributed by atoms with Crippen LogP contribution in [-0.2, 0) is 19.1 Å². The number of amides is 2. The lowest BCUT2D eigenvalue weighted by molar-refractivity contribution is -0.146. The van der Waals surface area contributed by atoms with Gasteiger partial charge in [-0.2, -0.15) is 0 Å². The number of carbonyl (C=O) groups excluding carboxylic acids is 3. The highest BCUT2D eigenvalue weighted by Crippen LogP contribution is 2.22. The third-order valence-corrected chi connectivity index (χ3v) is 4.47. The molecule has 0 radical (unpaired) electrons. The number of benzene rings is 1. The van der Waals surface area contributed by atoms with Crippen LogP contribution in [0.4, 0.5) is 10.1 Å². The lowest BCUT2D eigenvalue weighted by Crippen LogP contribution is -2.51. The summed E-state index contributed by atoms with van der Waals surface area (Å²) in [6, 6.07) is 5.10. The summed E-state index contributed by atoms with van der Waals surface area (Å²) in [5.74, 6) is -1.55. The van der Waals surface area contributed by atoms with E-state index in [1.165, 1.54) is 30.0 Å². The number of para-hydroxylation sites is 1. The predicted octanol–water partition coefficient (Wildman–Crippen LogP) is 1.32. The molecule has 2 N–H and O–H groups in total. The maximum Gasteiger partial charge on any atom is 0.329 e. The maximum absolute atomic E-state index is 13.5. The van der Waals surface area contributed by atoms with Crippen molar-refractivity contribution >= 4 is 35.2 Å². The highest BCUT2D eigenvalue weighted by molar-refractivity contribution is 8.00. The van der Waals surface area contributed by atoms with E-state index in [4.69, 9.17) is 4.74 Å². The molecule has 0 saturated carbocycles. The second-order valence-electron chi connectivity index (χ2n) is 4.87. The van der Waals surface area contributed by atoms with Crippen LogP contribution >= 0.6 is 11.8 Å². The summed E-state index contributed by atoms with van der Waals surface area (Å²) >= 11 is 1.21. The van der Waals surface area contributed by atoms with Crippen molar-refractivity contribution in [2.24, 2.45) is 0 Å². The van der Waals surface area contributed by atoms with E-state index in [9.17, 15) is 18.8 Å². The number of hydrogen-bond acceptors (Lipinski definition) is 5. The van der Waals surface area contributed by atoms with E-state index in [1.54, 1.807) is 13.0 Å². The highest BCUT2D eigenvalue weighted by Gasteiger charge is 2.34. The van der Waals surface area contributed by atoms with Crippen LogP contribution in [0.2, 0.25) is 0 Å². The zero-order valence-corrected chi connectivity index (χ0v) is 13.3. The first-order valence-corrected chi connectivity index (χ1v) is 8.19. The Morgan fingerprint density at radius 1 is 1.43 bits per heavy atom. The van der Waals surface area contributed by atoms with Gasteiger partial charge in [-0.3, -0.25) is 9.59 Å². The molecule has 1 saturated heterocycles. The van der Waals surface area contributed by atoms with E-state index >= 15 is 0 Å². The third kappa shape index (κ3) is 4.69. The van der Waals surface area contributed by atoms with E-state index in [-0.39, 0.29) is 18.7 Å². The van der Waals surface area contributed by atoms with Crippen molar-refractivity contribution in [2.45, 2.75) is 24.6 Å². The topological polar surface area (TPSA) is 84.5 Å². The van der Waals surface area contributed by atoms with Crippen molar-refractivity contribution in [3.8, 4) is 0 Å². The van der Waals surface area contributed by atoms with E-state index in [1.807, 2.05) is 0 Å². The van der Waals surface area contributed by atoms with Gasteiger partial charge < -0.3 is 15.4 Å². The van der Waals surface area contributed by atoms with E-state index in [2.05, 4.69) is 10.6 Å². The van der Waals surface area contributed by atoms with Crippen LogP contribution in [0.15, 0.2) is 24.3 Å². The van der Waals surface area contributed by atoms with Crippen molar-refractivity contribution in [3.05, 3.63) is 30.1 Å². The fourth-order valence-electron chi connectivity index (χ4n) is 2.05. The summed E-state index contributed by atoms with van der Waals surface area (Å²) in [6.07, 6.45) is -0.0968. The Bertz CT molecular complexity index is 611. The van der Waals surface area contributed by atoms with Crippen LogP contribution in [0, 0.1) is 5.82 Å². The fourth-order valence-corrected chi connectivity index (χ4v) is 3.18. The van der Waals surface area contributed by atoms with Crippen molar-refractivity contribution in [3.63, 3.8) is 0 Å². The van der Waals surface area contributed by atoms with Crippen LogP contribution in [0.3, 0.4) is 0 Å². The number of rotatable bonds is 5. The zero-order chi connectivity index (χ0) is 16.8. The first-order chi connectivity index (χ1) is 11.0. The molecular weight excluding hydrogens is 323 g/mol. The minimum atomic E-state index is -0.696. The van der Waals surface area contributed by atoms with Gasteiger partial charge in [-0.15, -0.1) is 11.8 Å². The normalized spacial score (nSPS) is 20.5.